The molecule has 7 nitrogen and oxygen atoms in total. The zero-order valence-electron chi connectivity index (χ0n) is 18.0. The van der Waals surface area contributed by atoms with Gasteiger partial charge in [0.25, 0.3) is 0 Å². The van der Waals surface area contributed by atoms with Crippen LogP contribution in [-0.2, 0) is 16.1 Å². The molecule has 1 aliphatic heterocycles. The zero-order valence-corrected chi connectivity index (χ0v) is 18.0. The molecule has 1 fully saturated rings. The normalized spacial score (nSPS) is 17.7. The largest absolute Gasteiger partial charge is 0.387 e. The highest BCUT2D eigenvalue weighted by Crippen LogP contribution is 2.09. The highest BCUT2D eigenvalue weighted by atomic mass is 16.5. The number of nitrogens with zero attached hydrogens (tertiary/aromatic N) is 2. The Morgan fingerprint density at radius 2 is 1.97 bits per heavy atom. The molecule has 2 rings (SSSR count). The Hall–Kier alpha value is -1.67. The molecule has 164 valence electrons. The van der Waals surface area contributed by atoms with Gasteiger partial charge in [0.2, 0.25) is 0 Å². The number of rotatable bonds is 12. The summed E-state index contributed by atoms with van der Waals surface area (Å²) in [5.74, 6) is 0.750. The quantitative estimate of drug-likeness (QED) is 0.278. The van der Waals surface area contributed by atoms with Gasteiger partial charge in [-0.15, -0.1) is 0 Å². The maximum absolute atomic E-state index is 10.7. The monoisotopic (exact) mass is 406 g/mol. The molecule has 3 N–H and O–H groups in total. The predicted octanol–water partition coefficient (Wildman–Crippen LogP) is 1.62. The second kappa shape index (κ2) is 13.5. The van der Waals surface area contributed by atoms with Crippen molar-refractivity contribution in [3.05, 3.63) is 35.9 Å². The second-order valence-electron chi connectivity index (χ2n) is 7.75. The van der Waals surface area contributed by atoms with Gasteiger partial charge in [-0.2, -0.15) is 0 Å². The van der Waals surface area contributed by atoms with Crippen LogP contribution in [0.1, 0.15) is 32.3 Å². The predicted molar refractivity (Wildman–Crippen MR) is 117 cm³/mol. The fourth-order valence-corrected chi connectivity index (χ4v) is 3.18. The number of aliphatic imine (C=N–C) groups is 1. The lowest BCUT2D eigenvalue weighted by Crippen LogP contribution is -2.48. The van der Waals surface area contributed by atoms with E-state index in [2.05, 4.69) is 32.7 Å². The summed E-state index contributed by atoms with van der Waals surface area (Å²) in [6.45, 7) is 11.1. The molecule has 0 radical (unpaired) electrons. The molecule has 0 aromatic heterocycles. The first-order chi connectivity index (χ1) is 14.1. The van der Waals surface area contributed by atoms with Crippen LogP contribution in [0, 0.1) is 0 Å². The van der Waals surface area contributed by atoms with Crippen LogP contribution in [0.2, 0.25) is 0 Å². The van der Waals surface area contributed by atoms with E-state index in [1.54, 1.807) is 0 Å². The average Bonchev–Trinajstić information content (AvgIpc) is 2.72. The Kier molecular flexibility index (Phi) is 11.0. The summed E-state index contributed by atoms with van der Waals surface area (Å²) in [4.78, 5) is 6.81. The molecule has 1 unspecified atom stereocenters. The summed E-state index contributed by atoms with van der Waals surface area (Å²) in [6.07, 6.45) is 2.00. The highest BCUT2D eigenvalue weighted by molar-refractivity contribution is 5.79. The van der Waals surface area contributed by atoms with Gasteiger partial charge in [0, 0.05) is 39.3 Å². The van der Waals surface area contributed by atoms with Gasteiger partial charge >= 0.3 is 0 Å². The van der Waals surface area contributed by atoms with Crippen molar-refractivity contribution in [3.8, 4) is 0 Å². The van der Waals surface area contributed by atoms with Crippen LogP contribution in [0.25, 0.3) is 0 Å². The van der Waals surface area contributed by atoms with Crippen LogP contribution in [0.3, 0.4) is 0 Å². The molecule has 7 heteroatoms. The highest BCUT2D eigenvalue weighted by Gasteiger charge is 2.25. The SMILES string of the molecule is CCNC(=NCC(C)(O)CN1CCOCC1)NCCCCOCc1ccccc1. The van der Waals surface area contributed by atoms with Gasteiger partial charge in [-0.25, -0.2) is 0 Å². The van der Waals surface area contributed by atoms with Crippen LogP contribution in [0.15, 0.2) is 35.3 Å². The zero-order chi connectivity index (χ0) is 20.8. The van der Waals surface area contributed by atoms with Crippen LogP contribution >= 0.6 is 0 Å². The molecule has 0 amide bonds. The summed E-state index contributed by atoms with van der Waals surface area (Å²) >= 11 is 0. The minimum atomic E-state index is -0.856. The number of benzene rings is 1. The fourth-order valence-electron chi connectivity index (χ4n) is 3.18. The molecule has 0 bridgehead atoms. The topological polar surface area (TPSA) is 78.4 Å². The van der Waals surface area contributed by atoms with Crippen molar-refractivity contribution in [1.82, 2.24) is 15.5 Å². The molecule has 1 aromatic rings. The van der Waals surface area contributed by atoms with E-state index >= 15 is 0 Å². The van der Waals surface area contributed by atoms with E-state index in [0.717, 1.165) is 64.8 Å². The van der Waals surface area contributed by atoms with Crippen molar-refractivity contribution < 1.29 is 14.6 Å². The van der Waals surface area contributed by atoms with Crippen molar-refractivity contribution >= 4 is 5.96 Å². The van der Waals surface area contributed by atoms with Gasteiger partial charge < -0.3 is 25.2 Å². The number of hydrogen-bond donors (Lipinski definition) is 3. The fraction of sp³-hybridized carbons (Fsp3) is 0.682. The van der Waals surface area contributed by atoms with E-state index in [1.807, 2.05) is 32.0 Å². The standard InChI is InChI=1S/C22H38N4O3/c1-3-23-21(25-18-22(2,27)19-26-12-15-28-16-13-26)24-11-7-8-14-29-17-20-9-5-4-6-10-20/h4-6,9-10,27H,3,7-8,11-19H2,1-2H3,(H2,23,24,25). The number of unbranched alkanes of at least 4 members (excludes halogenated alkanes) is 1. The minimum absolute atomic E-state index is 0.361. The molecule has 0 aliphatic carbocycles. The Balaban J connectivity index is 1.62. The summed E-state index contributed by atoms with van der Waals surface area (Å²) in [5, 5.41) is 17.3. The number of hydrogen-bond acceptors (Lipinski definition) is 5. The number of guanidine groups is 1. The molecular weight excluding hydrogens is 368 g/mol. The average molecular weight is 407 g/mol. The second-order valence-corrected chi connectivity index (χ2v) is 7.75. The van der Waals surface area contributed by atoms with Crippen molar-refractivity contribution in [2.24, 2.45) is 4.99 Å². The van der Waals surface area contributed by atoms with Gasteiger partial charge in [-0.05, 0) is 32.3 Å². The molecule has 1 aromatic carbocycles. The van der Waals surface area contributed by atoms with Crippen LogP contribution in [0.4, 0.5) is 0 Å². The summed E-state index contributed by atoms with van der Waals surface area (Å²) in [5.41, 5.74) is 0.349. The lowest BCUT2D eigenvalue weighted by atomic mass is 10.1. The molecule has 29 heavy (non-hydrogen) atoms. The van der Waals surface area contributed by atoms with Gasteiger partial charge in [0.15, 0.2) is 5.96 Å². The number of ether oxygens (including phenoxy) is 2. The van der Waals surface area contributed by atoms with Crippen molar-refractivity contribution in [2.45, 2.75) is 38.9 Å². The third-order valence-electron chi connectivity index (χ3n) is 4.71. The smallest absolute Gasteiger partial charge is 0.191 e. The summed E-state index contributed by atoms with van der Waals surface area (Å²) < 4.78 is 11.1. The van der Waals surface area contributed by atoms with E-state index in [9.17, 15) is 5.11 Å². The van der Waals surface area contributed by atoms with Crippen molar-refractivity contribution in [3.63, 3.8) is 0 Å². The molecule has 1 heterocycles. The molecule has 0 saturated carbocycles. The first-order valence-electron chi connectivity index (χ1n) is 10.8. The molecule has 1 atom stereocenters. The first kappa shape index (κ1) is 23.6. The Labute approximate surface area is 175 Å². The van der Waals surface area contributed by atoms with E-state index < -0.39 is 5.60 Å². The summed E-state index contributed by atoms with van der Waals surface area (Å²) in [6, 6.07) is 10.2. The Morgan fingerprint density at radius 3 is 2.69 bits per heavy atom. The third-order valence-corrected chi connectivity index (χ3v) is 4.71. The molecule has 1 aliphatic rings. The van der Waals surface area contributed by atoms with E-state index in [1.165, 1.54) is 5.56 Å². The molecular formula is C22H38N4O3. The van der Waals surface area contributed by atoms with Gasteiger partial charge in [0.05, 0.1) is 32.0 Å². The van der Waals surface area contributed by atoms with Gasteiger partial charge in [0.1, 0.15) is 0 Å². The molecule has 1 saturated heterocycles. The van der Waals surface area contributed by atoms with Crippen molar-refractivity contribution in [1.29, 1.82) is 0 Å². The lowest BCUT2D eigenvalue weighted by Gasteiger charge is -2.33. The third kappa shape index (κ3) is 10.6. The molecule has 0 spiro atoms. The van der Waals surface area contributed by atoms with Gasteiger partial charge in [-0.1, -0.05) is 30.3 Å². The Bertz CT molecular complexity index is 575. The van der Waals surface area contributed by atoms with Crippen LogP contribution in [0.5, 0.6) is 0 Å². The van der Waals surface area contributed by atoms with Gasteiger partial charge in [-0.3, -0.25) is 9.89 Å². The number of aliphatic hydroxyl groups is 1. The van der Waals surface area contributed by atoms with E-state index in [-0.39, 0.29) is 0 Å². The maximum atomic E-state index is 10.7. The summed E-state index contributed by atoms with van der Waals surface area (Å²) in [7, 11) is 0. The number of β-amino-alcohol motifs (C(OH)–C–C–N with tert-alkyl or cyclic N) is 1. The minimum Gasteiger partial charge on any atom is -0.387 e. The van der Waals surface area contributed by atoms with E-state index in [4.69, 9.17) is 9.47 Å². The van der Waals surface area contributed by atoms with E-state index in [0.29, 0.717) is 19.7 Å². The lowest BCUT2D eigenvalue weighted by molar-refractivity contribution is -0.0179. The number of nitrogens with one attached hydrogen (secondary N) is 2. The first-order valence-corrected chi connectivity index (χ1v) is 10.8. The van der Waals surface area contributed by atoms with Crippen molar-refractivity contribution in [2.75, 3.05) is 59.1 Å². The van der Waals surface area contributed by atoms with Crippen LogP contribution < -0.4 is 10.6 Å². The Morgan fingerprint density at radius 1 is 1.21 bits per heavy atom. The maximum Gasteiger partial charge on any atom is 0.191 e. The number of morpholine rings is 1. The van der Waals surface area contributed by atoms with Crippen LogP contribution in [-0.4, -0.2) is 80.7 Å².